The molecule has 1 N–H and O–H groups in total. The zero-order valence-electron chi connectivity index (χ0n) is 16.6. The van der Waals surface area contributed by atoms with Crippen molar-refractivity contribution in [2.24, 2.45) is 0 Å². The number of carbonyl (C=O) groups excluding carboxylic acids is 1. The Morgan fingerprint density at radius 1 is 1.10 bits per heavy atom. The van der Waals surface area contributed by atoms with Gasteiger partial charge in [0.25, 0.3) is 0 Å². The number of hydrogen-bond acceptors (Lipinski definition) is 6. The van der Waals surface area contributed by atoms with Crippen molar-refractivity contribution in [1.29, 1.82) is 0 Å². The fraction of sp³-hybridized carbons (Fsp3) is 0.273. The number of aromatic nitrogens is 2. The van der Waals surface area contributed by atoms with E-state index in [4.69, 9.17) is 19.2 Å². The number of rotatable bonds is 6. The fourth-order valence-corrected chi connectivity index (χ4v) is 3.63. The standard InChI is InChI=1S/C22H23N3O4/c1-14-19(21(26)29-13-12-27-2)20(15-8-10-16(28-3)11-9-15)25-18-7-5-4-6-17(18)24-22(25)23-14/h4-11,20H,12-13H2,1-3H3,(H,23,24)/t20-/m1/s1. The Bertz CT molecular complexity index is 1070. The van der Waals surface area contributed by atoms with Crippen LogP contribution < -0.4 is 10.1 Å². The molecule has 1 aliphatic rings. The zero-order chi connectivity index (χ0) is 20.4. The number of anilines is 1. The van der Waals surface area contributed by atoms with Crippen LogP contribution in [0, 0.1) is 0 Å². The topological polar surface area (TPSA) is 74.6 Å². The highest BCUT2D eigenvalue weighted by Gasteiger charge is 2.34. The zero-order valence-corrected chi connectivity index (χ0v) is 16.6. The Hall–Kier alpha value is -3.32. The summed E-state index contributed by atoms with van der Waals surface area (Å²) in [5.41, 5.74) is 3.99. The van der Waals surface area contributed by atoms with Crippen LogP contribution in [0.25, 0.3) is 11.0 Å². The average Bonchev–Trinajstić information content (AvgIpc) is 3.10. The predicted octanol–water partition coefficient (Wildman–Crippen LogP) is 3.52. The molecule has 2 aromatic carbocycles. The lowest BCUT2D eigenvalue weighted by Gasteiger charge is -2.30. The molecule has 1 atom stereocenters. The van der Waals surface area contributed by atoms with Crippen LogP contribution in [0.1, 0.15) is 18.5 Å². The number of nitrogens with zero attached hydrogens (tertiary/aromatic N) is 2. The summed E-state index contributed by atoms with van der Waals surface area (Å²) >= 11 is 0. The monoisotopic (exact) mass is 393 g/mol. The molecular formula is C22H23N3O4. The Morgan fingerprint density at radius 3 is 2.59 bits per heavy atom. The van der Waals surface area contributed by atoms with Crippen LogP contribution >= 0.6 is 0 Å². The molecule has 3 aromatic rings. The van der Waals surface area contributed by atoms with Gasteiger partial charge in [0.05, 0.1) is 36.4 Å². The van der Waals surface area contributed by atoms with Gasteiger partial charge in [-0.1, -0.05) is 24.3 Å². The van der Waals surface area contributed by atoms with Crippen LogP contribution in [-0.4, -0.2) is 43.0 Å². The largest absolute Gasteiger partial charge is 0.497 e. The lowest BCUT2D eigenvalue weighted by molar-refractivity contribution is -0.140. The van der Waals surface area contributed by atoms with Crippen LogP contribution in [0.2, 0.25) is 0 Å². The number of carbonyl (C=O) groups is 1. The number of para-hydroxylation sites is 2. The number of hydrogen-bond donors (Lipinski definition) is 1. The minimum absolute atomic E-state index is 0.193. The third kappa shape index (κ3) is 3.45. The molecule has 0 amide bonds. The number of nitrogens with one attached hydrogen (secondary N) is 1. The van der Waals surface area contributed by atoms with E-state index in [0.29, 0.717) is 18.1 Å². The summed E-state index contributed by atoms with van der Waals surface area (Å²) in [6, 6.07) is 15.2. The van der Waals surface area contributed by atoms with Gasteiger partial charge >= 0.3 is 5.97 Å². The van der Waals surface area contributed by atoms with Gasteiger partial charge in [-0.25, -0.2) is 9.78 Å². The first-order chi connectivity index (χ1) is 14.1. The first-order valence-electron chi connectivity index (χ1n) is 9.38. The molecule has 0 spiro atoms. The van der Waals surface area contributed by atoms with E-state index >= 15 is 0 Å². The molecule has 4 rings (SSSR count). The van der Waals surface area contributed by atoms with E-state index in [0.717, 1.165) is 28.0 Å². The van der Waals surface area contributed by atoms with E-state index in [2.05, 4.69) is 5.32 Å². The van der Waals surface area contributed by atoms with Crippen molar-refractivity contribution in [3.63, 3.8) is 0 Å². The maximum atomic E-state index is 13.0. The molecule has 0 saturated carbocycles. The Balaban J connectivity index is 1.85. The van der Waals surface area contributed by atoms with Gasteiger partial charge in [0.15, 0.2) is 0 Å². The van der Waals surface area contributed by atoms with Crippen LogP contribution in [0.5, 0.6) is 5.75 Å². The quantitative estimate of drug-likeness (QED) is 0.510. The highest BCUT2D eigenvalue weighted by Crippen LogP contribution is 2.39. The van der Waals surface area contributed by atoms with Crippen LogP contribution in [0.4, 0.5) is 5.95 Å². The highest BCUT2D eigenvalue weighted by molar-refractivity contribution is 5.94. The van der Waals surface area contributed by atoms with Gasteiger partial charge in [0, 0.05) is 12.8 Å². The molecule has 0 aliphatic carbocycles. The highest BCUT2D eigenvalue weighted by atomic mass is 16.6. The number of methoxy groups -OCH3 is 2. The molecule has 0 fully saturated rings. The van der Waals surface area contributed by atoms with Crippen molar-refractivity contribution in [2.45, 2.75) is 13.0 Å². The smallest absolute Gasteiger partial charge is 0.338 e. The molecule has 0 bridgehead atoms. The molecule has 7 nitrogen and oxygen atoms in total. The number of allylic oxidation sites excluding steroid dienone is 1. The molecule has 0 radical (unpaired) electrons. The van der Waals surface area contributed by atoms with Crippen molar-refractivity contribution < 1.29 is 19.0 Å². The Labute approximate surface area is 168 Å². The summed E-state index contributed by atoms with van der Waals surface area (Å²) in [7, 11) is 3.20. The number of imidazole rings is 1. The maximum Gasteiger partial charge on any atom is 0.338 e. The van der Waals surface area contributed by atoms with Crippen molar-refractivity contribution in [1.82, 2.24) is 9.55 Å². The van der Waals surface area contributed by atoms with Gasteiger partial charge < -0.3 is 19.5 Å². The summed E-state index contributed by atoms with van der Waals surface area (Å²) in [6.07, 6.45) is 0. The summed E-state index contributed by atoms with van der Waals surface area (Å²) < 4.78 is 17.8. The Morgan fingerprint density at radius 2 is 1.86 bits per heavy atom. The summed E-state index contributed by atoms with van der Waals surface area (Å²) in [4.78, 5) is 17.7. The molecule has 2 heterocycles. The van der Waals surface area contributed by atoms with E-state index in [9.17, 15) is 4.79 Å². The summed E-state index contributed by atoms with van der Waals surface area (Å²) in [5.74, 6) is 1.07. The third-order valence-electron chi connectivity index (χ3n) is 5.00. The van der Waals surface area contributed by atoms with Crippen LogP contribution in [0.15, 0.2) is 59.8 Å². The van der Waals surface area contributed by atoms with Crippen molar-refractivity contribution in [2.75, 3.05) is 32.8 Å². The van der Waals surface area contributed by atoms with Gasteiger partial charge in [-0.15, -0.1) is 0 Å². The van der Waals surface area contributed by atoms with Gasteiger partial charge in [0.1, 0.15) is 12.4 Å². The lowest BCUT2D eigenvalue weighted by Crippen LogP contribution is -2.29. The van der Waals surface area contributed by atoms with Crippen molar-refractivity contribution in [3.05, 3.63) is 65.4 Å². The van der Waals surface area contributed by atoms with E-state index in [1.807, 2.05) is 60.0 Å². The maximum absolute atomic E-state index is 13.0. The number of ether oxygens (including phenoxy) is 3. The number of fused-ring (bicyclic) bond motifs is 3. The van der Waals surface area contributed by atoms with Gasteiger partial charge in [0.2, 0.25) is 5.95 Å². The summed E-state index contributed by atoms with van der Waals surface area (Å²) in [6.45, 7) is 2.41. The number of benzene rings is 2. The molecule has 0 saturated heterocycles. The molecule has 0 unspecified atom stereocenters. The second-order valence-corrected chi connectivity index (χ2v) is 6.76. The second kappa shape index (κ2) is 7.97. The Kier molecular flexibility index (Phi) is 5.22. The van der Waals surface area contributed by atoms with E-state index < -0.39 is 0 Å². The number of esters is 1. The SMILES string of the molecule is COCCOC(=O)C1=C(C)Nc2nc3ccccc3n2[C@@H]1c1ccc(OC)cc1. The van der Waals surface area contributed by atoms with Crippen molar-refractivity contribution in [3.8, 4) is 5.75 Å². The van der Waals surface area contributed by atoms with E-state index in [1.54, 1.807) is 14.2 Å². The molecular weight excluding hydrogens is 370 g/mol. The van der Waals surface area contributed by atoms with Crippen LogP contribution in [-0.2, 0) is 14.3 Å². The average molecular weight is 393 g/mol. The van der Waals surface area contributed by atoms with Gasteiger partial charge in [-0.05, 0) is 36.8 Å². The van der Waals surface area contributed by atoms with E-state index in [1.165, 1.54) is 0 Å². The predicted molar refractivity (Wildman–Crippen MR) is 110 cm³/mol. The van der Waals surface area contributed by atoms with Gasteiger partial charge in [-0.3, -0.25) is 4.57 Å². The fourth-order valence-electron chi connectivity index (χ4n) is 3.63. The normalized spacial score (nSPS) is 15.8. The third-order valence-corrected chi connectivity index (χ3v) is 5.00. The minimum atomic E-state index is -0.378. The lowest BCUT2D eigenvalue weighted by atomic mass is 9.95. The summed E-state index contributed by atoms with van der Waals surface area (Å²) in [5, 5.41) is 3.27. The first kappa shape index (κ1) is 19.0. The van der Waals surface area contributed by atoms with E-state index in [-0.39, 0.29) is 18.6 Å². The van der Waals surface area contributed by atoms with Gasteiger partial charge in [-0.2, -0.15) is 0 Å². The molecule has 29 heavy (non-hydrogen) atoms. The first-order valence-corrected chi connectivity index (χ1v) is 9.38. The van der Waals surface area contributed by atoms with Crippen molar-refractivity contribution >= 4 is 23.0 Å². The molecule has 150 valence electrons. The van der Waals surface area contributed by atoms with Crippen LogP contribution in [0.3, 0.4) is 0 Å². The minimum Gasteiger partial charge on any atom is -0.497 e. The molecule has 7 heteroatoms. The second-order valence-electron chi connectivity index (χ2n) is 6.76. The molecule has 1 aliphatic heterocycles. The molecule has 1 aromatic heterocycles.